The van der Waals surface area contributed by atoms with Crippen molar-refractivity contribution in [3.63, 3.8) is 0 Å². The Hall–Kier alpha value is -1.10. The third-order valence-electron chi connectivity index (χ3n) is 5.93. The Kier molecular flexibility index (Phi) is 3.21. The Morgan fingerprint density at radius 2 is 1.81 bits per heavy atom. The first-order valence-electron chi connectivity index (χ1n) is 8.40. The van der Waals surface area contributed by atoms with Gasteiger partial charge in [0.25, 0.3) is 0 Å². The summed E-state index contributed by atoms with van der Waals surface area (Å²) < 4.78 is 0. The van der Waals surface area contributed by atoms with E-state index in [-0.39, 0.29) is 17.4 Å². The van der Waals surface area contributed by atoms with Crippen molar-refractivity contribution in [2.24, 2.45) is 17.8 Å². The molecule has 0 aromatic carbocycles. The lowest BCUT2D eigenvalue weighted by Crippen LogP contribution is -2.61. The highest BCUT2D eigenvalue weighted by Gasteiger charge is 2.51. The van der Waals surface area contributed by atoms with Gasteiger partial charge in [0.1, 0.15) is 0 Å². The molecule has 4 saturated carbocycles. The third kappa shape index (κ3) is 2.68. The summed E-state index contributed by atoms with van der Waals surface area (Å²) in [6.07, 6.45) is 7.73. The fourth-order valence-corrected chi connectivity index (χ4v) is 5.63. The molecule has 4 bridgehead atoms. The van der Waals surface area contributed by atoms with Gasteiger partial charge in [0.2, 0.25) is 11.8 Å². The number of carbonyl (C=O) groups is 2. The molecule has 0 spiro atoms. The molecule has 2 N–H and O–H groups in total. The molecule has 5 rings (SSSR count). The van der Waals surface area contributed by atoms with Crippen molar-refractivity contribution in [2.75, 3.05) is 26.2 Å². The van der Waals surface area contributed by atoms with Gasteiger partial charge in [-0.05, 0) is 56.3 Å². The van der Waals surface area contributed by atoms with Gasteiger partial charge >= 0.3 is 0 Å². The van der Waals surface area contributed by atoms with Crippen LogP contribution in [0.3, 0.4) is 0 Å². The molecule has 5 fully saturated rings. The zero-order chi connectivity index (χ0) is 14.4. The van der Waals surface area contributed by atoms with E-state index in [2.05, 4.69) is 10.6 Å². The van der Waals surface area contributed by atoms with Crippen LogP contribution in [0.4, 0.5) is 0 Å². The van der Waals surface area contributed by atoms with E-state index >= 15 is 0 Å². The molecule has 0 atom stereocenters. The molecular formula is C16H25N3O2. The van der Waals surface area contributed by atoms with Crippen LogP contribution in [-0.2, 0) is 9.59 Å². The zero-order valence-electron chi connectivity index (χ0n) is 12.6. The predicted molar refractivity (Wildman–Crippen MR) is 78.5 cm³/mol. The van der Waals surface area contributed by atoms with Crippen molar-refractivity contribution in [1.29, 1.82) is 0 Å². The maximum absolute atomic E-state index is 12.4. The van der Waals surface area contributed by atoms with Crippen LogP contribution in [0.25, 0.3) is 0 Å². The SMILES string of the molecule is O=C1CN(CC(=O)NC23CC4CC(CC(C4)C2)C3)CCN1. The van der Waals surface area contributed by atoms with Gasteiger partial charge in [-0.15, -0.1) is 0 Å². The topological polar surface area (TPSA) is 61.4 Å². The molecule has 5 heteroatoms. The second-order valence-electron chi connectivity index (χ2n) is 7.81. The number of hydrogen-bond donors (Lipinski definition) is 2. The van der Waals surface area contributed by atoms with E-state index in [1.165, 1.54) is 38.5 Å². The van der Waals surface area contributed by atoms with Crippen LogP contribution in [0.1, 0.15) is 38.5 Å². The van der Waals surface area contributed by atoms with Crippen LogP contribution < -0.4 is 10.6 Å². The van der Waals surface area contributed by atoms with E-state index in [0.717, 1.165) is 24.3 Å². The first-order valence-corrected chi connectivity index (χ1v) is 8.40. The number of piperazine rings is 1. The summed E-state index contributed by atoms with van der Waals surface area (Å²) in [5.74, 6) is 2.68. The zero-order valence-corrected chi connectivity index (χ0v) is 12.6. The molecule has 1 aliphatic heterocycles. The lowest BCUT2D eigenvalue weighted by Gasteiger charge is -2.57. The van der Waals surface area contributed by atoms with Gasteiger partial charge in [-0.2, -0.15) is 0 Å². The van der Waals surface area contributed by atoms with Gasteiger partial charge in [0.15, 0.2) is 0 Å². The Balaban J connectivity index is 1.37. The minimum atomic E-state index is 0.0313. The molecule has 0 aromatic heterocycles. The summed E-state index contributed by atoms with van der Waals surface area (Å²) in [7, 11) is 0. The molecule has 21 heavy (non-hydrogen) atoms. The second kappa shape index (κ2) is 4.97. The second-order valence-corrected chi connectivity index (χ2v) is 7.81. The van der Waals surface area contributed by atoms with Crippen molar-refractivity contribution in [3.05, 3.63) is 0 Å². The van der Waals surface area contributed by atoms with Gasteiger partial charge < -0.3 is 10.6 Å². The first-order chi connectivity index (χ1) is 10.1. The minimum absolute atomic E-state index is 0.0313. The highest BCUT2D eigenvalue weighted by atomic mass is 16.2. The quantitative estimate of drug-likeness (QED) is 0.796. The van der Waals surface area contributed by atoms with E-state index in [9.17, 15) is 9.59 Å². The molecule has 0 unspecified atom stereocenters. The lowest BCUT2D eigenvalue weighted by atomic mass is 9.53. The van der Waals surface area contributed by atoms with E-state index in [4.69, 9.17) is 0 Å². The Bertz CT molecular complexity index is 427. The van der Waals surface area contributed by atoms with Crippen molar-refractivity contribution in [3.8, 4) is 0 Å². The fraction of sp³-hybridized carbons (Fsp3) is 0.875. The monoisotopic (exact) mass is 291 g/mol. The van der Waals surface area contributed by atoms with E-state index < -0.39 is 0 Å². The first kappa shape index (κ1) is 13.6. The summed E-state index contributed by atoms with van der Waals surface area (Å²) in [6.45, 7) is 2.16. The molecule has 5 nitrogen and oxygen atoms in total. The number of rotatable bonds is 3. The van der Waals surface area contributed by atoms with Crippen LogP contribution in [0.2, 0.25) is 0 Å². The molecule has 1 heterocycles. The number of carbonyl (C=O) groups excluding carboxylic acids is 2. The standard InChI is InChI=1S/C16H25N3O2/c20-14-9-19(2-1-17-14)10-15(21)18-16-6-11-3-12(7-16)5-13(4-11)8-16/h11-13H,1-10H2,(H,17,20)(H,18,21). The smallest absolute Gasteiger partial charge is 0.234 e. The molecule has 5 aliphatic rings. The van der Waals surface area contributed by atoms with E-state index in [1.54, 1.807) is 0 Å². The van der Waals surface area contributed by atoms with Crippen LogP contribution in [0.15, 0.2) is 0 Å². The molecule has 2 amide bonds. The van der Waals surface area contributed by atoms with Gasteiger partial charge in [-0.25, -0.2) is 0 Å². The maximum atomic E-state index is 12.4. The number of hydrogen-bond acceptors (Lipinski definition) is 3. The van der Waals surface area contributed by atoms with Gasteiger partial charge in [0.05, 0.1) is 13.1 Å². The summed E-state index contributed by atoms with van der Waals surface area (Å²) in [5, 5.41) is 6.17. The Labute approximate surface area is 125 Å². The van der Waals surface area contributed by atoms with Crippen LogP contribution in [0, 0.1) is 17.8 Å². The molecule has 0 aromatic rings. The van der Waals surface area contributed by atoms with Crippen LogP contribution in [0.5, 0.6) is 0 Å². The maximum Gasteiger partial charge on any atom is 0.234 e. The van der Waals surface area contributed by atoms with E-state index in [0.29, 0.717) is 19.6 Å². The highest BCUT2D eigenvalue weighted by Crippen LogP contribution is 2.55. The van der Waals surface area contributed by atoms with Gasteiger partial charge in [-0.3, -0.25) is 14.5 Å². The normalized spacial score (nSPS) is 41.9. The minimum Gasteiger partial charge on any atom is -0.354 e. The average molecular weight is 291 g/mol. The predicted octanol–water partition coefficient (Wildman–Crippen LogP) is 0.503. The largest absolute Gasteiger partial charge is 0.354 e. The Morgan fingerprint density at radius 1 is 1.19 bits per heavy atom. The summed E-state index contributed by atoms with van der Waals surface area (Å²) >= 11 is 0. The summed E-state index contributed by atoms with van der Waals surface area (Å²) in [6, 6.07) is 0. The highest BCUT2D eigenvalue weighted by molar-refractivity contribution is 5.82. The van der Waals surface area contributed by atoms with Crippen molar-refractivity contribution >= 4 is 11.8 Å². The average Bonchev–Trinajstić information content (AvgIpc) is 2.35. The van der Waals surface area contributed by atoms with Crippen LogP contribution in [-0.4, -0.2) is 48.4 Å². The molecule has 116 valence electrons. The fourth-order valence-electron chi connectivity index (χ4n) is 5.63. The number of amides is 2. The molecule has 0 radical (unpaired) electrons. The number of nitrogens with zero attached hydrogens (tertiary/aromatic N) is 1. The third-order valence-corrected chi connectivity index (χ3v) is 5.93. The van der Waals surface area contributed by atoms with Crippen molar-refractivity contribution in [2.45, 2.75) is 44.1 Å². The van der Waals surface area contributed by atoms with Gasteiger partial charge in [-0.1, -0.05) is 0 Å². The summed E-state index contributed by atoms with van der Waals surface area (Å²) in [4.78, 5) is 25.8. The van der Waals surface area contributed by atoms with Crippen LogP contribution >= 0.6 is 0 Å². The number of nitrogens with one attached hydrogen (secondary N) is 2. The summed E-state index contributed by atoms with van der Waals surface area (Å²) in [5.41, 5.74) is 0.0872. The molecule has 1 saturated heterocycles. The van der Waals surface area contributed by atoms with Crippen molar-refractivity contribution in [1.82, 2.24) is 15.5 Å². The molecule has 4 aliphatic carbocycles. The van der Waals surface area contributed by atoms with E-state index in [1.807, 2.05) is 4.90 Å². The van der Waals surface area contributed by atoms with Gasteiger partial charge in [0, 0.05) is 18.6 Å². The molecular weight excluding hydrogens is 266 g/mol. The van der Waals surface area contributed by atoms with Crippen molar-refractivity contribution < 1.29 is 9.59 Å². The Morgan fingerprint density at radius 3 is 2.38 bits per heavy atom. The lowest BCUT2D eigenvalue weighted by molar-refractivity contribution is -0.130.